The number of rotatable bonds is 8. The number of aromatic nitrogens is 2. The van der Waals surface area contributed by atoms with E-state index in [4.69, 9.17) is 26.1 Å². The molecule has 0 saturated heterocycles. The van der Waals surface area contributed by atoms with Crippen molar-refractivity contribution in [1.29, 1.82) is 0 Å². The van der Waals surface area contributed by atoms with Gasteiger partial charge in [-0.05, 0) is 32.3 Å². The molecule has 0 radical (unpaired) electrons. The first kappa shape index (κ1) is 21.0. The van der Waals surface area contributed by atoms with Crippen molar-refractivity contribution < 1.29 is 9.47 Å². The zero-order chi connectivity index (χ0) is 21.0. The molecule has 0 bridgehead atoms. The number of benzene rings is 1. The van der Waals surface area contributed by atoms with Crippen molar-refractivity contribution in [2.75, 3.05) is 59.1 Å². The Kier molecular flexibility index (Phi) is 6.61. The summed E-state index contributed by atoms with van der Waals surface area (Å²) in [5.41, 5.74) is 1.45. The summed E-state index contributed by atoms with van der Waals surface area (Å²) in [6.45, 7) is 1.63. The fourth-order valence-electron chi connectivity index (χ4n) is 2.98. The Morgan fingerprint density at radius 1 is 1.10 bits per heavy atom. The van der Waals surface area contributed by atoms with Crippen molar-refractivity contribution in [3.8, 4) is 22.8 Å². The topological polar surface area (TPSA) is 71.5 Å². The maximum absolute atomic E-state index is 6.60. The largest absolute Gasteiger partial charge is 0.497 e. The van der Waals surface area contributed by atoms with Gasteiger partial charge in [-0.3, -0.25) is 0 Å². The molecular formula is C21H26ClN5O2. The van der Waals surface area contributed by atoms with Crippen LogP contribution in [-0.2, 0) is 0 Å². The fourth-order valence-corrected chi connectivity index (χ4v) is 3.26. The van der Waals surface area contributed by atoms with Crippen LogP contribution in [0.1, 0.15) is 0 Å². The number of hydrogen-bond donors (Lipinski definition) is 2. The molecule has 2 heterocycles. The standard InChI is InChI=1S/C21H26ClN5O2/c1-23-19-11-15-13(12-25-19)8-17(26-21(15)24-6-7-27(2)3)16-9-14(28-4)10-18(29-5)20(16)22/h8-12H,6-7H2,1-5H3,(H,23,25)(H,24,26). The maximum atomic E-state index is 6.60. The van der Waals surface area contributed by atoms with Gasteiger partial charge in [-0.2, -0.15) is 0 Å². The van der Waals surface area contributed by atoms with Gasteiger partial charge in [0.05, 0.1) is 24.9 Å². The first-order chi connectivity index (χ1) is 14.0. The first-order valence-electron chi connectivity index (χ1n) is 9.26. The highest BCUT2D eigenvalue weighted by Crippen LogP contribution is 2.40. The van der Waals surface area contributed by atoms with E-state index in [2.05, 4.69) is 20.5 Å². The molecule has 0 aliphatic rings. The summed E-state index contributed by atoms with van der Waals surface area (Å²) in [7, 11) is 9.11. The van der Waals surface area contributed by atoms with Crippen LogP contribution >= 0.6 is 11.6 Å². The molecule has 0 fully saturated rings. The third-order valence-corrected chi connectivity index (χ3v) is 4.96. The SMILES string of the molecule is CNc1cc2c(NCCN(C)C)nc(-c3cc(OC)cc(OC)c3Cl)cc2cn1. The van der Waals surface area contributed by atoms with Gasteiger partial charge in [0, 0.05) is 48.7 Å². The van der Waals surface area contributed by atoms with E-state index < -0.39 is 0 Å². The molecule has 0 aliphatic heterocycles. The molecule has 1 aromatic carbocycles. The lowest BCUT2D eigenvalue weighted by Crippen LogP contribution is -2.21. The number of nitrogens with one attached hydrogen (secondary N) is 2. The minimum atomic E-state index is 0.485. The van der Waals surface area contributed by atoms with Gasteiger partial charge in [0.2, 0.25) is 0 Å². The van der Waals surface area contributed by atoms with Gasteiger partial charge in [0.25, 0.3) is 0 Å². The average molecular weight is 416 g/mol. The van der Waals surface area contributed by atoms with E-state index in [9.17, 15) is 0 Å². The van der Waals surface area contributed by atoms with Crippen LogP contribution in [0, 0.1) is 0 Å². The highest BCUT2D eigenvalue weighted by molar-refractivity contribution is 6.34. The second-order valence-corrected chi connectivity index (χ2v) is 7.20. The Bertz CT molecular complexity index is 1010. The van der Waals surface area contributed by atoms with Crippen LogP contribution in [0.15, 0.2) is 30.5 Å². The smallest absolute Gasteiger partial charge is 0.141 e. The van der Waals surface area contributed by atoms with Crippen molar-refractivity contribution in [2.24, 2.45) is 0 Å². The summed E-state index contributed by atoms with van der Waals surface area (Å²) in [5, 5.41) is 8.95. The highest BCUT2D eigenvalue weighted by atomic mass is 35.5. The van der Waals surface area contributed by atoms with Crippen molar-refractivity contribution in [2.45, 2.75) is 0 Å². The normalized spacial score (nSPS) is 11.0. The fraction of sp³-hybridized carbons (Fsp3) is 0.333. The maximum Gasteiger partial charge on any atom is 0.141 e. The minimum absolute atomic E-state index is 0.485. The van der Waals surface area contributed by atoms with Gasteiger partial charge >= 0.3 is 0 Å². The quantitative estimate of drug-likeness (QED) is 0.576. The predicted molar refractivity (Wildman–Crippen MR) is 120 cm³/mol. The molecule has 3 aromatic rings. The van der Waals surface area contributed by atoms with E-state index in [0.29, 0.717) is 22.2 Å². The van der Waals surface area contributed by atoms with Crippen LogP contribution in [0.5, 0.6) is 11.5 Å². The zero-order valence-corrected chi connectivity index (χ0v) is 18.1. The molecule has 0 amide bonds. The van der Waals surface area contributed by atoms with E-state index >= 15 is 0 Å². The van der Waals surface area contributed by atoms with Crippen LogP contribution in [0.3, 0.4) is 0 Å². The van der Waals surface area contributed by atoms with Gasteiger partial charge in [0.15, 0.2) is 0 Å². The lowest BCUT2D eigenvalue weighted by molar-refractivity contribution is 0.395. The van der Waals surface area contributed by atoms with E-state index in [1.807, 2.05) is 45.5 Å². The van der Waals surface area contributed by atoms with E-state index in [0.717, 1.165) is 41.1 Å². The summed E-state index contributed by atoms with van der Waals surface area (Å²) in [5.74, 6) is 2.74. The van der Waals surface area contributed by atoms with Gasteiger partial charge in [-0.25, -0.2) is 9.97 Å². The van der Waals surface area contributed by atoms with Crippen LogP contribution in [0.4, 0.5) is 11.6 Å². The number of halogens is 1. The molecule has 7 nitrogen and oxygen atoms in total. The van der Waals surface area contributed by atoms with E-state index in [1.54, 1.807) is 20.3 Å². The average Bonchev–Trinajstić information content (AvgIpc) is 2.73. The van der Waals surface area contributed by atoms with E-state index in [-0.39, 0.29) is 0 Å². The van der Waals surface area contributed by atoms with Crippen molar-refractivity contribution in [3.05, 3.63) is 35.5 Å². The Morgan fingerprint density at radius 2 is 1.90 bits per heavy atom. The molecule has 0 aliphatic carbocycles. The number of ether oxygens (including phenoxy) is 2. The van der Waals surface area contributed by atoms with Crippen molar-refractivity contribution >= 4 is 34.0 Å². The summed E-state index contributed by atoms with van der Waals surface area (Å²) in [6, 6.07) is 7.57. The first-order valence-corrected chi connectivity index (χ1v) is 9.63. The van der Waals surface area contributed by atoms with Gasteiger partial charge < -0.3 is 25.0 Å². The molecule has 0 saturated carbocycles. The molecule has 29 heavy (non-hydrogen) atoms. The summed E-state index contributed by atoms with van der Waals surface area (Å²) >= 11 is 6.60. The summed E-state index contributed by atoms with van der Waals surface area (Å²) < 4.78 is 10.8. The number of methoxy groups -OCH3 is 2. The van der Waals surface area contributed by atoms with Crippen molar-refractivity contribution in [1.82, 2.24) is 14.9 Å². The molecule has 2 N–H and O–H groups in total. The third-order valence-electron chi connectivity index (χ3n) is 4.57. The van der Waals surface area contributed by atoms with Gasteiger partial charge in [0.1, 0.15) is 23.1 Å². The molecule has 0 unspecified atom stereocenters. The molecule has 154 valence electrons. The summed E-state index contributed by atoms with van der Waals surface area (Å²) in [4.78, 5) is 11.4. The second-order valence-electron chi connectivity index (χ2n) is 6.82. The minimum Gasteiger partial charge on any atom is -0.497 e. The van der Waals surface area contributed by atoms with Crippen LogP contribution in [0.2, 0.25) is 5.02 Å². The van der Waals surface area contributed by atoms with Gasteiger partial charge in [-0.15, -0.1) is 0 Å². The molecule has 0 atom stereocenters. The molecule has 3 rings (SSSR count). The lowest BCUT2D eigenvalue weighted by atomic mass is 10.1. The zero-order valence-electron chi connectivity index (χ0n) is 17.3. The number of hydrogen-bond acceptors (Lipinski definition) is 7. The van der Waals surface area contributed by atoms with Gasteiger partial charge in [-0.1, -0.05) is 11.6 Å². The number of anilines is 2. The van der Waals surface area contributed by atoms with Crippen LogP contribution < -0.4 is 20.1 Å². The number of pyridine rings is 2. The third kappa shape index (κ3) is 4.63. The van der Waals surface area contributed by atoms with Crippen LogP contribution in [-0.4, -0.2) is 63.3 Å². The Balaban J connectivity index is 2.16. The number of fused-ring (bicyclic) bond motifs is 1. The van der Waals surface area contributed by atoms with Crippen molar-refractivity contribution in [3.63, 3.8) is 0 Å². The second kappa shape index (κ2) is 9.15. The van der Waals surface area contributed by atoms with E-state index in [1.165, 1.54) is 0 Å². The number of nitrogens with zero attached hydrogens (tertiary/aromatic N) is 3. The molecule has 8 heteroatoms. The monoisotopic (exact) mass is 415 g/mol. The lowest BCUT2D eigenvalue weighted by Gasteiger charge is -2.16. The Morgan fingerprint density at radius 3 is 2.55 bits per heavy atom. The van der Waals surface area contributed by atoms with Crippen LogP contribution in [0.25, 0.3) is 22.0 Å². The Hall–Kier alpha value is -2.77. The Labute approximate surface area is 176 Å². The predicted octanol–water partition coefficient (Wildman–Crippen LogP) is 3.98. The summed E-state index contributed by atoms with van der Waals surface area (Å²) in [6.07, 6.45) is 1.83. The molecule has 2 aromatic heterocycles. The molecular weight excluding hydrogens is 390 g/mol. The highest BCUT2D eigenvalue weighted by Gasteiger charge is 2.16. The molecule has 0 spiro atoms. The number of likely N-dealkylation sites (N-methyl/N-ethyl adjacent to an activating group) is 1.